The van der Waals surface area contributed by atoms with Crippen molar-refractivity contribution >= 4 is 18.0 Å². The number of carbonyl (C=O) groups is 2. The van der Waals surface area contributed by atoms with Gasteiger partial charge in [0.05, 0.1) is 12.7 Å². The quantitative estimate of drug-likeness (QED) is 0.486. The summed E-state index contributed by atoms with van der Waals surface area (Å²) in [6, 6.07) is 10.9. The van der Waals surface area contributed by atoms with Crippen molar-refractivity contribution in [3.05, 3.63) is 71.3 Å². The largest absolute Gasteiger partial charge is 0.497 e. The number of esters is 1. The maximum atomic E-state index is 13.1. The molecule has 2 rings (SSSR count). The SMILES string of the molecule is COc1ccc(C=CC(=O)N[C@H](C(=O)OCc2ccccc2C(F)(F)F)C(C)C)cc1. The molecule has 0 unspecified atom stereocenters. The molecule has 5 nitrogen and oxygen atoms in total. The minimum Gasteiger partial charge on any atom is -0.497 e. The summed E-state index contributed by atoms with van der Waals surface area (Å²) < 4.78 is 49.4. The van der Waals surface area contributed by atoms with E-state index in [1.807, 2.05) is 0 Å². The van der Waals surface area contributed by atoms with Crippen molar-refractivity contribution in [3.8, 4) is 5.75 Å². The van der Waals surface area contributed by atoms with Crippen LogP contribution in [-0.2, 0) is 27.1 Å². The van der Waals surface area contributed by atoms with Crippen LogP contribution in [0.5, 0.6) is 5.75 Å². The average Bonchev–Trinajstić information content (AvgIpc) is 2.74. The van der Waals surface area contributed by atoms with Crippen LogP contribution in [0.15, 0.2) is 54.6 Å². The molecule has 1 N–H and O–H groups in total. The van der Waals surface area contributed by atoms with Gasteiger partial charge in [-0.1, -0.05) is 44.2 Å². The fourth-order valence-electron chi connectivity index (χ4n) is 2.75. The number of methoxy groups -OCH3 is 1. The van der Waals surface area contributed by atoms with Gasteiger partial charge in [-0.05, 0) is 35.8 Å². The number of rotatable bonds is 8. The minimum atomic E-state index is -4.55. The number of halogens is 3. The second-order valence-electron chi connectivity index (χ2n) is 7.10. The van der Waals surface area contributed by atoms with Crippen LogP contribution in [0.3, 0.4) is 0 Å². The molecule has 0 aliphatic carbocycles. The molecule has 2 aromatic rings. The third-order valence-electron chi connectivity index (χ3n) is 4.45. The molecule has 1 amide bonds. The van der Waals surface area contributed by atoms with E-state index in [9.17, 15) is 22.8 Å². The fraction of sp³-hybridized carbons (Fsp3) is 0.304. The molecule has 0 heterocycles. The van der Waals surface area contributed by atoms with Crippen LogP contribution in [0.2, 0.25) is 0 Å². The molecule has 166 valence electrons. The molecule has 0 radical (unpaired) electrons. The summed E-state index contributed by atoms with van der Waals surface area (Å²) >= 11 is 0. The Hall–Kier alpha value is -3.29. The Morgan fingerprint density at radius 1 is 1.06 bits per heavy atom. The lowest BCUT2D eigenvalue weighted by atomic mass is 10.0. The van der Waals surface area contributed by atoms with Gasteiger partial charge in [-0.15, -0.1) is 0 Å². The zero-order valence-electron chi connectivity index (χ0n) is 17.4. The molecular formula is C23H24F3NO4. The van der Waals surface area contributed by atoms with Gasteiger partial charge in [0.2, 0.25) is 5.91 Å². The summed E-state index contributed by atoms with van der Waals surface area (Å²) in [6.45, 7) is 2.85. The zero-order valence-corrected chi connectivity index (χ0v) is 17.4. The van der Waals surface area contributed by atoms with Crippen LogP contribution in [0.4, 0.5) is 13.2 Å². The summed E-state index contributed by atoms with van der Waals surface area (Å²) in [4.78, 5) is 24.7. The van der Waals surface area contributed by atoms with E-state index < -0.39 is 36.3 Å². The molecule has 0 aliphatic rings. The lowest BCUT2D eigenvalue weighted by Crippen LogP contribution is -2.44. The van der Waals surface area contributed by atoms with E-state index in [1.165, 1.54) is 24.3 Å². The third-order valence-corrected chi connectivity index (χ3v) is 4.45. The summed E-state index contributed by atoms with van der Waals surface area (Å²) in [5.41, 5.74) is -0.268. The van der Waals surface area contributed by atoms with Crippen LogP contribution >= 0.6 is 0 Å². The highest BCUT2D eigenvalue weighted by molar-refractivity contribution is 5.94. The van der Waals surface area contributed by atoms with Crippen molar-refractivity contribution in [3.63, 3.8) is 0 Å². The lowest BCUT2D eigenvalue weighted by molar-refractivity contribution is -0.151. The molecule has 0 aliphatic heterocycles. The van der Waals surface area contributed by atoms with Crippen LogP contribution in [0.1, 0.15) is 30.5 Å². The number of ether oxygens (including phenoxy) is 2. The zero-order chi connectivity index (χ0) is 23.0. The van der Waals surface area contributed by atoms with E-state index in [-0.39, 0.29) is 11.5 Å². The number of hydrogen-bond acceptors (Lipinski definition) is 4. The average molecular weight is 435 g/mol. The van der Waals surface area contributed by atoms with Crippen molar-refractivity contribution < 1.29 is 32.2 Å². The number of nitrogens with one attached hydrogen (secondary N) is 1. The van der Waals surface area contributed by atoms with Gasteiger partial charge >= 0.3 is 12.1 Å². The molecule has 2 aromatic carbocycles. The maximum Gasteiger partial charge on any atom is 0.416 e. The number of amides is 1. The molecule has 0 aromatic heterocycles. The molecule has 0 saturated heterocycles. The van der Waals surface area contributed by atoms with E-state index in [4.69, 9.17) is 9.47 Å². The molecule has 0 bridgehead atoms. The molecule has 0 saturated carbocycles. The van der Waals surface area contributed by atoms with Crippen molar-refractivity contribution in [2.24, 2.45) is 5.92 Å². The van der Waals surface area contributed by atoms with Crippen molar-refractivity contribution in [1.82, 2.24) is 5.32 Å². The first kappa shape index (κ1) is 24.0. The first-order valence-electron chi connectivity index (χ1n) is 9.56. The van der Waals surface area contributed by atoms with Crippen molar-refractivity contribution in [2.45, 2.75) is 32.7 Å². The van der Waals surface area contributed by atoms with E-state index in [1.54, 1.807) is 51.3 Å². The van der Waals surface area contributed by atoms with Crippen LogP contribution in [0.25, 0.3) is 6.08 Å². The minimum absolute atomic E-state index is 0.156. The smallest absolute Gasteiger partial charge is 0.416 e. The molecule has 1 atom stereocenters. The van der Waals surface area contributed by atoms with Gasteiger partial charge < -0.3 is 14.8 Å². The Kier molecular flexibility index (Phi) is 8.24. The van der Waals surface area contributed by atoms with Crippen LogP contribution in [0, 0.1) is 5.92 Å². The van der Waals surface area contributed by atoms with Gasteiger partial charge in [0, 0.05) is 11.6 Å². The van der Waals surface area contributed by atoms with Crippen LogP contribution < -0.4 is 10.1 Å². The highest BCUT2D eigenvalue weighted by Gasteiger charge is 2.33. The monoisotopic (exact) mass is 435 g/mol. The van der Waals surface area contributed by atoms with E-state index >= 15 is 0 Å². The van der Waals surface area contributed by atoms with Gasteiger partial charge in [0.15, 0.2) is 0 Å². The number of hydrogen-bond donors (Lipinski definition) is 1. The van der Waals surface area contributed by atoms with Gasteiger partial charge in [0.25, 0.3) is 0 Å². The van der Waals surface area contributed by atoms with Gasteiger partial charge in [-0.2, -0.15) is 13.2 Å². The Morgan fingerprint density at radius 2 is 1.71 bits per heavy atom. The highest BCUT2D eigenvalue weighted by Crippen LogP contribution is 2.32. The van der Waals surface area contributed by atoms with Gasteiger partial charge in [-0.25, -0.2) is 4.79 Å². The predicted molar refractivity (Wildman–Crippen MR) is 110 cm³/mol. The van der Waals surface area contributed by atoms with Gasteiger partial charge in [-0.3, -0.25) is 4.79 Å². The lowest BCUT2D eigenvalue weighted by Gasteiger charge is -2.21. The Morgan fingerprint density at radius 3 is 2.29 bits per heavy atom. The normalized spacial score (nSPS) is 12.6. The maximum absolute atomic E-state index is 13.1. The summed E-state index contributed by atoms with van der Waals surface area (Å²) in [7, 11) is 1.55. The first-order valence-corrected chi connectivity index (χ1v) is 9.56. The van der Waals surface area contributed by atoms with Crippen molar-refractivity contribution in [2.75, 3.05) is 7.11 Å². The topological polar surface area (TPSA) is 64.6 Å². The third kappa shape index (κ3) is 7.16. The fourth-order valence-corrected chi connectivity index (χ4v) is 2.75. The standard InChI is InChI=1S/C23H24F3NO4/c1-15(2)21(27-20(28)13-10-16-8-11-18(30-3)12-9-16)22(29)31-14-17-6-4-5-7-19(17)23(24,25)26/h4-13,15,21H,14H2,1-3H3,(H,27,28)/t21-/m0/s1. The number of carbonyl (C=O) groups excluding carboxylic acids is 2. The predicted octanol–water partition coefficient (Wildman–Crippen LogP) is 4.61. The molecule has 0 fully saturated rings. The molecular weight excluding hydrogens is 411 g/mol. The van der Waals surface area contributed by atoms with E-state index in [0.717, 1.165) is 11.6 Å². The van der Waals surface area contributed by atoms with Crippen LogP contribution in [-0.4, -0.2) is 25.0 Å². The first-order chi connectivity index (χ1) is 14.6. The number of benzene rings is 2. The molecule has 8 heteroatoms. The second kappa shape index (κ2) is 10.7. The Labute approximate surface area is 178 Å². The Balaban J connectivity index is 2.01. The summed E-state index contributed by atoms with van der Waals surface area (Å²) in [6.07, 6.45) is -1.72. The summed E-state index contributed by atoms with van der Waals surface area (Å²) in [5, 5.41) is 2.54. The van der Waals surface area contributed by atoms with Gasteiger partial charge in [0.1, 0.15) is 18.4 Å². The van der Waals surface area contributed by atoms with E-state index in [2.05, 4.69) is 5.32 Å². The highest BCUT2D eigenvalue weighted by atomic mass is 19.4. The molecule has 31 heavy (non-hydrogen) atoms. The number of alkyl halides is 3. The summed E-state index contributed by atoms with van der Waals surface area (Å²) in [5.74, 6) is -0.986. The second-order valence-corrected chi connectivity index (χ2v) is 7.10. The van der Waals surface area contributed by atoms with E-state index in [0.29, 0.717) is 5.75 Å². The van der Waals surface area contributed by atoms with Crippen molar-refractivity contribution in [1.29, 1.82) is 0 Å². The molecule has 0 spiro atoms. The Bertz CT molecular complexity index is 921.